The maximum atomic E-state index is 12.3. The minimum Gasteiger partial charge on any atom is -0.497 e. The largest absolute Gasteiger partial charge is 0.497 e. The van der Waals surface area contributed by atoms with E-state index in [1.54, 1.807) is 12.0 Å². The molecule has 1 atom stereocenters. The number of hydrogen-bond donors (Lipinski definition) is 1. The number of hydrogen-bond acceptors (Lipinski definition) is 4. The molecule has 26 heavy (non-hydrogen) atoms. The van der Waals surface area contributed by atoms with Crippen molar-refractivity contribution in [2.45, 2.75) is 19.4 Å². The molecule has 1 saturated heterocycles. The molecule has 136 valence electrons. The molecule has 6 heteroatoms. The van der Waals surface area contributed by atoms with Crippen molar-refractivity contribution < 1.29 is 19.1 Å². The van der Waals surface area contributed by atoms with Gasteiger partial charge in [-0.3, -0.25) is 9.59 Å². The summed E-state index contributed by atoms with van der Waals surface area (Å²) in [6.07, 6.45) is 0.271. The number of rotatable bonds is 6. The summed E-state index contributed by atoms with van der Waals surface area (Å²) in [7, 11) is 1.59. The fraction of sp³-hybridized carbons (Fsp3) is 0.300. The van der Waals surface area contributed by atoms with E-state index in [0.717, 1.165) is 11.3 Å². The topological polar surface area (TPSA) is 67.9 Å². The number of carbonyl (C=O) groups is 2. The minimum atomic E-state index is -0.239. The van der Waals surface area contributed by atoms with E-state index >= 15 is 0 Å². The third-order valence-electron chi connectivity index (χ3n) is 4.21. The van der Waals surface area contributed by atoms with Gasteiger partial charge in [-0.15, -0.1) is 0 Å². The van der Waals surface area contributed by atoms with E-state index in [0.29, 0.717) is 18.0 Å². The average molecular weight is 354 g/mol. The van der Waals surface area contributed by atoms with Gasteiger partial charge in [0, 0.05) is 24.7 Å². The Morgan fingerprint density at radius 1 is 1.19 bits per heavy atom. The highest BCUT2D eigenvalue weighted by Crippen LogP contribution is 2.25. The van der Waals surface area contributed by atoms with Crippen LogP contribution in [0.25, 0.3) is 0 Å². The van der Waals surface area contributed by atoms with Gasteiger partial charge in [-0.25, -0.2) is 0 Å². The summed E-state index contributed by atoms with van der Waals surface area (Å²) in [4.78, 5) is 26.1. The van der Waals surface area contributed by atoms with E-state index in [1.807, 2.05) is 55.5 Å². The molecule has 2 aromatic rings. The Labute approximate surface area is 152 Å². The van der Waals surface area contributed by atoms with Gasteiger partial charge in [0.05, 0.1) is 13.2 Å². The van der Waals surface area contributed by atoms with Gasteiger partial charge < -0.3 is 19.7 Å². The molecule has 3 rings (SSSR count). The summed E-state index contributed by atoms with van der Waals surface area (Å²) in [6, 6.07) is 14.6. The molecule has 0 radical (unpaired) electrons. The van der Waals surface area contributed by atoms with Crippen molar-refractivity contribution in [3.63, 3.8) is 0 Å². The molecule has 0 unspecified atom stereocenters. The van der Waals surface area contributed by atoms with Gasteiger partial charge in [-0.1, -0.05) is 18.2 Å². The molecular formula is C20H22N2O4. The number of methoxy groups -OCH3 is 1. The fourth-order valence-electron chi connectivity index (χ4n) is 2.96. The average Bonchev–Trinajstić information content (AvgIpc) is 3.00. The molecule has 1 aliphatic rings. The lowest BCUT2D eigenvalue weighted by Crippen LogP contribution is -2.39. The van der Waals surface area contributed by atoms with Crippen LogP contribution < -0.4 is 19.7 Å². The molecule has 1 N–H and O–H groups in total. The van der Waals surface area contributed by atoms with Gasteiger partial charge in [0.15, 0.2) is 6.61 Å². The van der Waals surface area contributed by atoms with Crippen molar-refractivity contribution in [1.82, 2.24) is 5.32 Å². The normalized spacial score (nSPS) is 16.5. The van der Waals surface area contributed by atoms with Crippen molar-refractivity contribution in [3.05, 3.63) is 54.1 Å². The summed E-state index contributed by atoms with van der Waals surface area (Å²) in [6.45, 7) is 2.32. The van der Waals surface area contributed by atoms with Crippen LogP contribution in [0.4, 0.5) is 5.69 Å². The SMILES string of the molecule is COc1cccc(N2C[C@@H](NC(=O)COc3cccc(C)c3)CC2=O)c1. The monoisotopic (exact) mass is 354 g/mol. The van der Waals surface area contributed by atoms with Crippen LogP contribution in [0.5, 0.6) is 11.5 Å². The van der Waals surface area contributed by atoms with Crippen LogP contribution in [-0.4, -0.2) is 38.1 Å². The predicted molar refractivity (Wildman–Crippen MR) is 98.6 cm³/mol. The summed E-state index contributed by atoms with van der Waals surface area (Å²) in [5.74, 6) is 1.08. The quantitative estimate of drug-likeness (QED) is 0.864. The van der Waals surface area contributed by atoms with Crippen molar-refractivity contribution in [2.75, 3.05) is 25.2 Å². The Morgan fingerprint density at radius 3 is 2.73 bits per heavy atom. The summed E-state index contributed by atoms with van der Waals surface area (Å²) < 4.78 is 10.7. The van der Waals surface area contributed by atoms with Crippen molar-refractivity contribution >= 4 is 17.5 Å². The number of nitrogens with one attached hydrogen (secondary N) is 1. The molecule has 1 heterocycles. The van der Waals surface area contributed by atoms with E-state index in [-0.39, 0.29) is 30.9 Å². The fourth-order valence-corrected chi connectivity index (χ4v) is 2.96. The van der Waals surface area contributed by atoms with E-state index < -0.39 is 0 Å². The molecule has 0 aliphatic carbocycles. The zero-order chi connectivity index (χ0) is 18.5. The Balaban J connectivity index is 1.54. The summed E-state index contributed by atoms with van der Waals surface area (Å²) >= 11 is 0. The van der Waals surface area contributed by atoms with Crippen molar-refractivity contribution in [1.29, 1.82) is 0 Å². The second-order valence-electron chi connectivity index (χ2n) is 6.28. The lowest BCUT2D eigenvalue weighted by molar-refractivity contribution is -0.123. The van der Waals surface area contributed by atoms with Gasteiger partial charge in [-0.2, -0.15) is 0 Å². The van der Waals surface area contributed by atoms with Crippen LogP contribution in [0, 0.1) is 6.92 Å². The first-order chi connectivity index (χ1) is 12.5. The minimum absolute atomic E-state index is 0.0249. The third-order valence-corrected chi connectivity index (χ3v) is 4.21. The molecule has 2 amide bonds. The standard InChI is InChI=1S/C20H22N2O4/c1-14-5-3-8-18(9-14)26-13-19(23)21-15-10-20(24)22(12-15)16-6-4-7-17(11-16)25-2/h3-9,11,15H,10,12-13H2,1-2H3,(H,21,23)/t15-/m0/s1. The number of ether oxygens (including phenoxy) is 2. The molecular weight excluding hydrogens is 332 g/mol. The van der Waals surface area contributed by atoms with E-state index in [4.69, 9.17) is 9.47 Å². The van der Waals surface area contributed by atoms with Gasteiger partial charge in [-0.05, 0) is 36.8 Å². The molecule has 1 fully saturated rings. The highest BCUT2D eigenvalue weighted by atomic mass is 16.5. The number of carbonyl (C=O) groups excluding carboxylic acids is 2. The third kappa shape index (κ3) is 4.33. The van der Waals surface area contributed by atoms with Gasteiger partial charge in [0.2, 0.25) is 5.91 Å². The Hall–Kier alpha value is -3.02. The predicted octanol–water partition coefficient (Wildman–Crippen LogP) is 2.30. The molecule has 0 bridgehead atoms. The first-order valence-electron chi connectivity index (χ1n) is 8.48. The smallest absolute Gasteiger partial charge is 0.258 e. The maximum Gasteiger partial charge on any atom is 0.258 e. The lowest BCUT2D eigenvalue weighted by atomic mass is 10.2. The first-order valence-corrected chi connectivity index (χ1v) is 8.48. The Morgan fingerprint density at radius 2 is 1.96 bits per heavy atom. The Kier molecular flexibility index (Phi) is 5.41. The molecule has 2 aromatic carbocycles. The maximum absolute atomic E-state index is 12.3. The van der Waals surface area contributed by atoms with Gasteiger partial charge >= 0.3 is 0 Å². The molecule has 1 aliphatic heterocycles. The molecule has 0 saturated carbocycles. The van der Waals surface area contributed by atoms with Gasteiger partial charge in [0.1, 0.15) is 11.5 Å². The van der Waals surface area contributed by atoms with Crippen LogP contribution in [0.1, 0.15) is 12.0 Å². The first kappa shape index (κ1) is 17.8. The van der Waals surface area contributed by atoms with E-state index in [1.165, 1.54) is 0 Å². The highest BCUT2D eigenvalue weighted by Gasteiger charge is 2.31. The number of anilines is 1. The number of aryl methyl sites for hydroxylation is 1. The van der Waals surface area contributed by atoms with Crippen LogP contribution in [0.15, 0.2) is 48.5 Å². The summed E-state index contributed by atoms with van der Waals surface area (Å²) in [5, 5.41) is 2.86. The second-order valence-corrected chi connectivity index (χ2v) is 6.28. The zero-order valence-electron chi connectivity index (χ0n) is 14.9. The lowest BCUT2D eigenvalue weighted by Gasteiger charge is -2.18. The van der Waals surface area contributed by atoms with E-state index in [9.17, 15) is 9.59 Å². The van der Waals surface area contributed by atoms with Crippen LogP contribution in [0.2, 0.25) is 0 Å². The van der Waals surface area contributed by atoms with Gasteiger partial charge in [0.25, 0.3) is 5.91 Å². The number of amides is 2. The van der Waals surface area contributed by atoms with Crippen LogP contribution >= 0.6 is 0 Å². The number of benzene rings is 2. The molecule has 6 nitrogen and oxygen atoms in total. The summed E-state index contributed by atoms with van der Waals surface area (Å²) in [5.41, 5.74) is 1.83. The van der Waals surface area contributed by atoms with Crippen molar-refractivity contribution in [2.24, 2.45) is 0 Å². The number of nitrogens with zero attached hydrogens (tertiary/aromatic N) is 1. The Bertz CT molecular complexity index is 806. The van der Waals surface area contributed by atoms with Crippen LogP contribution in [-0.2, 0) is 9.59 Å². The second kappa shape index (κ2) is 7.91. The molecule has 0 aromatic heterocycles. The zero-order valence-corrected chi connectivity index (χ0v) is 14.9. The van der Waals surface area contributed by atoms with E-state index in [2.05, 4.69) is 5.32 Å². The van der Waals surface area contributed by atoms with Crippen LogP contribution in [0.3, 0.4) is 0 Å². The highest BCUT2D eigenvalue weighted by molar-refractivity contribution is 5.97. The molecule has 0 spiro atoms. The van der Waals surface area contributed by atoms with Crippen molar-refractivity contribution in [3.8, 4) is 11.5 Å².